The molecule has 0 saturated carbocycles. The molecule has 4 heteroatoms. The van der Waals surface area contributed by atoms with E-state index in [2.05, 4.69) is 4.74 Å². The Morgan fingerprint density at radius 2 is 2.06 bits per heavy atom. The average molecular weight is 235 g/mol. The first kappa shape index (κ1) is 13.1. The van der Waals surface area contributed by atoms with Crippen molar-refractivity contribution < 1.29 is 14.3 Å². The number of ether oxygens (including phenoxy) is 2. The topological polar surface area (TPSA) is 38.8 Å². The van der Waals surface area contributed by atoms with Crippen molar-refractivity contribution in [3.8, 4) is 5.75 Å². The zero-order valence-electron chi connectivity index (χ0n) is 10.6. The molecule has 0 heterocycles. The minimum Gasteiger partial charge on any atom is -0.463 e. The van der Waals surface area contributed by atoms with E-state index in [0.29, 0.717) is 5.75 Å². The predicted octanol–water partition coefficient (Wildman–Crippen LogP) is 2.21. The molecule has 0 atom stereocenters. The second-order valence-corrected chi connectivity index (χ2v) is 3.64. The first-order chi connectivity index (χ1) is 8.08. The van der Waals surface area contributed by atoms with Crippen molar-refractivity contribution in [2.75, 3.05) is 26.1 Å². The standard InChI is InChI=1S/C13H17NO3/c1-5-12(13(15)16-4)17-11-8-6-7-10(9-11)14(2)3/h5-9H,1-4H3/b12-5-. The van der Waals surface area contributed by atoms with Gasteiger partial charge in [-0.1, -0.05) is 6.07 Å². The number of esters is 1. The predicted molar refractivity (Wildman–Crippen MR) is 67.2 cm³/mol. The number of allylic oxidation sites excluding steroid dienone is 1. The van der Waals surface area contributed by atoms with E-state index >= 15 is 0 Å². The molecule has 0 N–H and O–H groups in total. The summed E-state index contributed by atoms with van der Waals surface area (Å²) in [7, 11) is 5.21. The Morgan fingerprint density at radius 1 is 1.35 bits per heavy atom. The molecule has 17 heavy (non-hydrogen) atoms. The molecule has 0 bridgehead atoms. The minimum atomic E-state index is -0.484. The van der Waals surface area contributed by atoms with Gasteiger partial charge in [0.25, 0.3) is 0 Å². The Bertz CT molecular complexity index is 424. The summed E-state index contributed by atoms with van der Waals surface area (Å²) in [6.07, 6.45) is 1.58. The summed E-state index contributed by atoms with van der Waals surface area (Å²) in [6.45, 7) is 1.72. The summed E-state index contributed by atoms with van der Waals surface area (Å²) in [5, 5.41) is 0. The van der Waals surface area contributed by atoms with Gasteiger partial charge in [-0.3, -0.25) is 0 Å². The summed E-state index contributed by atoms with van der Waals surface area (Å²) < 4.78 is 10.1. The molecule has 0 aromatic heterocycles. The van der Waals surface area contributed by atoms with Crippen molar-refractivity contribution in [1.29, 1.82) is 0 Å². The molecular formula is C13H17NO3. The third-order valence-electron chi connectivity index (χ3n) is 2.21. The van der Waals surface area contributed by atoms with Crippen LogP contribution in [0.4, 0.5) is 5.69 Å². The maximum absolute atomic E-state index is 11.3. The summed E-state index contributed by atoms with van der Waals surface area (Å²) in [4.78, 5) is 13.3. The Balaban J connectivity index is 2.87. The molecule has 4 nitrogen and oxygen atoms in total. The first-order valence-electron chi connectivity index (χ1n) is 5.28. The molecular weight excluding hydrogens is 218 g/mol. The minimum absolute atomic E-state index is 0.184. The van der Waals surface area contributed by atoms with Gasteiger partial charge in [0.05, 0.1) is 7.11 Å². The number of carbonyl (C=O) groups is 1. The van der Waals surface area contributed by atoms with Crippen LogP contribution in [0.5, 0.6) is 5.75 Å². The number of carbonyl (C=O) groups excluding carboxylic acids is 1. The van der Waals surface area contributed by atoms with E-state index in [0.717, 1.165) is 5.69 Å². The van der Waals surface area contributed by atoms with E-state index in [1.165, 1.54) is 7.11 Å². The second kappa shape index (κ2) is 5.94. The van der Waals surface area contributed by atoms with Gasteiger partial charge in [0.1, 0.15) is 5.75 Å². The smallest absolute Gasteiger partial charge is 0.373 e. The lowest BCUT2D eigenvalue weighted by Gasteiger charge is -2.14. The highest BCUT2D eigenvalue weighted by atomic mass is 16.6. The number of rotatable bonds is 4. The van der Waals surface area contributed by atoms with Crippen molar-refractivity contribution in [3.63, 3.8) is 0 Å². The van der Waals surface area contributed by atoms with E-state index < -0.39 is 5.97 Å². The number of nitrogens with zero attached hydrogens (tertiary/aromatic N) is 1. The van der Waals surface area contributed by atoms with Crippen molar-refractivity contribution >= 4 is 11.7 Å². The fraction of sp³-hybridized carbons (Fsp3) is 0.308. The summed E-state index contributed by atoms with van der Waals surface area (Å²) in [6, 6.07) is 7.47. The third-order valence-corrected chi connectivity index (χ3v) is 2.21. The maximum atomic E-state index is 11.3. The number of hydrogen-bond acceptors (Lipinski definition) is 4. The van der Waals surface area contributed by atoms with Crippen LogP contribution < -0.4 is 9.64 Å². The van der Waals surface area contributed by atoms with E-state index in [4.69, 9.17) is 4.74 Å². The van der Waals surface area contributed by atoms with Crippen LogP contribution in [-0.2, 0) is 9.53 Å². The molecule has 0 unspecified atom stereocenters. The van der Waals surface area contributed by atoms with Crippen molar-refractivity contribution in [2.24, 2.45) is 0 Å². The summed E-state index contributed by atoms with van der Waals surface area (Å²) >= 11 is 0. The van der Waals surface area contributed by atoms with Crippen molar-refractivity contribution in [2.45, 2.75) is 6.92 Å². The Kier molecular flexibility index (Phi) is 4.57. The van der Waals surface area contributed by atoms with Crippen LogP contribution in [0, 0.1) is 0 Å². The lowest BCUT2D eigenvalue weighted by molar-refractivity contribution is -0.138. The second-order valence-electron chi connectivity index (χ2n) is 3.64. The summed E-state index contributed by atoms with van der Waals surface area (Å²) in [5.41, 5.74) is 1.00. The number of anilines is 1. The summed E-state index contributed by atoms with van der Waals surface area (Å²) in [5.74, 6) is 0.306. The van der Waals surface area contributed by atoms with E-state index in [9.17, 15) is 4.79 Å². The van der Waals surface area contributed by atoms with Gasteiger partial charge < -0.3 is 14.4 Å². The van der Waals surface area contributed by atoms with Crippen LogP contribution in [0.3, 0.4) is 0 Å². The van der Waals surface area contributed by atoms with Gasteiger partial charge in [-0.2, -0.15) is 0 Å². The molecule has 0 aliphatic rings. The van der Waals surface area contributed by atoms with Gasteiger partial charge in [0.15, 0.2) is 0 Å². The fourth-order valence-corrected chi connectivity index (χ4v) is 1.27. The van der Waals surface area contributed by atoms with E-state index in [1.54, 1.807) is 19.1 Å². The molecule has 1 aromatic rings. The normalized spacial score (nSPS) is 10.9. The molecule has 0 aliphatic carbocycles. The van der Waals surface area contributed by atoms with Gasteiger partial charge in [0, 0.05) is 25.8 Å². The Morgan fingerprint density at radius 3 is 2.59 bits per heavy atom. The molecule has 1 aromatic carbocycles. The zero-order chi connectivity index (χ0) is 12.8. The Hall–Kier alpha value is -1.97. The molecule has 1 rings (SSSR count). The Labute approximate surface area is 101 Å². The van der Waals surface area contributed by atoms with Crippen LogP contribution in [0.25, 0.3) is 0 Å². The third kappa shape index (κ3) is 3.52. The molecule has 0 aliphatic heterocycles. The SMILES string of the molecule is C/C=C(\Oc1cccc(N(C)C)c1)C(=O)OC. The zero-order valence-corrected chi connectivity index (χ0v) is 10.6. The van der Waals surface area contributed by atoms with Gasteiger partial charge in [-0.25, -0.2) is 4.79 Å². The van der Waals surface area contributed by atoms with Gasteiger partial charge >= 0.3 is 5.97 Å². The van der Waals surface area contributed by atoms with Crippen LogP contribution in [0.15, 0.2) is 36.1 Å². The number of hydrogen-bond donors (Lipinski definition) is 0. The van der Waals surface area contributed by atoms with Gasteiger partial charge in [-0.15, -0.1) is 0 Å². The van der Waals surface area contributed by atoms with Crippen molar-refractivity contribution in [1.82, 2.24) is 0 Å². The lowest BCUT2D eigenvalue weighted by atomic mass is 10.3. The first-order valence-corrected chi connectivity index (χ1v) is 5.28. The van der Waals surface area contributed by atoms with E-state index in [1.807, 2.05) is 37.2 Å². The van der Waals surface area contributed by atoms with Gasteiger partial charge in [-0.05, 0) is 25.1 Å². The number of benzene rings is 1. The highest BCUT2D eigenvalue weighted by molar-refractivity contribution is 5.86. The molecule has 0 radical (unpaired) electrons. The van der Waals surface area contributed by atoms with Gasteiger partial charge in [0.2, 0.25) is 5.76 Å². The number of methoxy groups -OCH3 is 1. The lowest BCUT2D eigenvalue weighted by Crippen LogP contribution is -2.11. The molecule has 0 fully saturated rings. The molecule has 0 amide bonds. The maximum Gasteiger partial charge on any atom is 0.373 e. The quantitative estimate of drug-likeness (QED) is 0.455. The fourth-order valence-electron chi connectivity index (χ4n) is 1.27. The van der Waals surface area contributed by atoms with Crippen LogP contribution in [-0.4, -0.2) is 27.2 Å². The highest BCUT2D eigenvalue weighted by Crippen LogP contribution is 2.21. The van der Waals surface area contributed by atoms with Crippen LogP contribution in [0.1, 0.15) is 6.92 Å². The average Bonchev–Trinajstić information content (AvgIpc) is 2.35. The largest absolute Gasteiger partial charge is 0.463 e. The monoisotopic (exact) mass is 235 g/mol. The molecule has 0 spiro atoms. The molecule has 92 valence electrons. The van der Waals surface area contributed by atoms with Crippen LogP contribution >= 0.6 is 0 Å². The van der Waals surface area contributed by atoms with E-state index in [-0.39, 0.29) is 5.76 Å². The molecule has 0 saturated heterocycles. The highest BCUT2D eigenvalue weighted by Gasteiger charge is 2.11. The van der Waals surface area contributed by atoms with Crippen molar-refractivity contribution in [3.05, 3.63) is 36.1 Å². The van der Waals surface area contributed by atoms with Crippen LogP contribution in [0.2, 0.25) is 0 Å².